The Morgan fingerprint density at radius 1 is 1.17 bits per heavy atom. The van der Waals surface area contributed by atoms with Gasteiger partial charge in [0.25, 0.3) is 0 Å². The molecule has 0 N–H and O–H groups in total. The van der Waals surface area contributed by atoms with Crippen molar-refractivity contribution in [2.45, 2.75) is 0 Å². The van der Waals surface area contributed by atoms with Gasteiger partial charge in [-0.05, 0) is 18.2 Å². The molecule has 3 heteroatoms. The van der Waals surface area contributed by atoms with Gasteiger partial charge in [-0.2, -0.15) is 0 Å². The third kappa shape index (κ3) is 1.05. The molecule has 0 radical (unpaired) electrons. The molecular formula is C9H6N2O. The van der Waals surface area contributed by atoms with Gasteiger partial charge in [-0.25, -0.2) is 9.97 Å². The summed E-state index contributed by atoms with van der Waals surface area (Å²) in [6.45, 7) is 0. The van der Waals surface area contributed by atoms with Crippen LogP contribution >= 0.6 is 0 Å². The van der Waals surface area contributed by atoms with Gasteiger partial charge in [0.15, 0.2) is 5.43 Å². The first-order chi connectivity index (χ1) is 5.88. The van der Waals surface area contributed by atoms with E-state index in [9.17, 15) is 4.79 Å². The van der Waals surface area contributed by atoms with Crippen molar-refractivity contribution in [2.24, 2.45) is 0 Å². The average molecular weight is 158 g/mol. The first-order valence-electron chi connectivity index (χ1n) is 3.57. The van der Waals surface area contributed by atoms with Crippen LogP contribution in [0.25, 0.3) is 11.3 Å². The SMILES string of the molecule is O=c1cccc2ncnccc1-2. The molecule has 0 fully saturated rings. The van der Waals surface area contributed by atoms with E-state index in [1.165, 1.54) is 12.4 Å². The summed E-state index contributed by atoms with van der Waals surface area (Å²) in [5.41, 5.74) is 1.27. The standard InChI is InChI=1S/C9H6N2O/c12-9-3-1-2-8-7(9)4-5-10-6-11-8/h1-6H. The number of hydrogen-bond acceptors (Lipinski definition) is 3. The molecule has 12 heavy (non-hydrogen) atoms. The van der Waals surface area contributed by atoms with Gasteiger partial charge in [-0.15, -0.1) is 0 Å². The molecule has 3 nitrogen and oxygen atoms in total. The molecule has 0 spiro atoms. The molecule has 2 rings (SSSR count). The first-order valence-corrected chi connectivity index (χ1v) is 3.57. The summed E-state index contributed by atoms with van der Waals surface area (Å²) in [4.78, 5) is 19.1. The summed E-state index contributed by atoms with van der Waals surface area (Å²) in [6.07, 6.45) is 3.00. The minimum Gasteiger partial charge on any atom is -0.289 e. The highest BCUT2D eigenvalue weighted by molar-refractivity contribution is 5.58. The van der Waals surface area contributed by atoms with Crippen molar-refractivity contribution in [3.63, 3.8) is 0 Å². The zero-order valence-corrected chi connectivity index (χ0v) is 6.27. The molecule has 0 saturated carbocycles. The zero-order valence-electron chi connectivity index (χ0n) is 6.27. The Morgan fingerprint density at radius 3 is 3.00 bits per heavy atom. The molecule has 0 bridgehead atoms. The van der Waals surface area contributed by atoms with Crippen LogP contribution in [0.5, 0.6) is 0 Å². The van der Waals surface area contributed by atoms with Crippen LogP contribution in [0.2, 0.25) is 0 Å². The number of nitrogens with zero attached hydrogens (tertiary/aromatic N) is 2. The van der Waals surface area contributed by atoms with Crippen molar-refractivity contribution >= 4 is 0 Å². The van der Waals surface area contributed by atoms with E-state index in [2.05, 4.69) is 9.97 Å². The Hall–Kier alpha value is -1.77. The highest BCUT2D eigenvalue weighted by Crippen LogP contribution is 2.09. The summed E-state index contributed by atoms with van der Waals surface area (Å²) in [5, 5.41) is 0. The molecule has 1 aliphatic carbocycles. The number of rotatable bonds is 0. The Labute approximate surface area is 69.1 Å². The quantitative estimate of drug-likeness (QED) is 0.573. The lowest BCUT2D eigenvalue weighted by atomic mass is 10.1. The number of fused-ring (bicyclic) bond motifs is 1. The fraction of sp³-hybridized carbons (Fsp3) is 0. The van der Waals surface area contributed by atoms with Gasteiger partial charge in [0, 0.05) is 11.8 Å². The Balaban J connectivity index is 2.88. The molecule has 0 unspecified atom stereocenters. The van der Waals surface area contributed by atoms with E-state index < -0.39 is 0 Å². The number of benzene rings is 1. The van der Waals surface area contributed by atoms with Crippen molar-refractivity contribution < 1.29 is 0 Å². The smallest absolute Gasteiger partial charge is 0.188 e. The van der Waals surface area contributed by atoms with Crippen molar-refractivity contribution in [1.82, 2.24) is 9.97 Å². The maximum Gasteiger partial charge on any atom is 0.188 e. The average Bonchev–Trinajstić information content (AvgIpc) is 2.30. The Kier molecular flexibility index (Phi) is 1.55. The van der Waals surface area contributed by atoms with Crippen molar-refractivity contribution in [3.05, 3.63) is 47.0 Å². The summed E-state index contributed by atoms with van der Waals surface area (Å²) in [7, 11) is 0. The van der Waals surface area contributed by atoms with Crippen LogP contribution < -0.4 is 5.43 Å². The molecule has 0 aromatic heterocycles. The van der Waals surface area contributed by atoms with E-state index in [-0.39, 0.29) is 5.43 Å². The molecule has 0 atom stereocenters. The fourth-order valence-corrected chi connectivity index (χ4v) is 1.06. The van der Waals surface area contributed by atoms with Gasteiger partial charge in [0.05, 0.1) is 5.69 Å². The second-order valence-corrected chi connectivity index (χ2v) is 2.40. The molecule has 1 heterocycles. The molecule has 58 valence electrons. The van der Waals surface area contributed by atoms with Gasteiger partial charge in [-0.3, -0.25) is 4.79 Å². The summed E-state index contributed by atoms with van der Waals surface area (Å²) < 4.78 is 0. The Bertz CT molecular complexity index is 428. The lowest BCUT2D eigenvalue weighted by molar-refractivity contribution is 1.23. The molecule has 2 aliphatic rings. The number of hydrogen-bond donors (Lipinski definition) is 0. The van der Waals surface area contributed by atoms with Crippen LogP contribution in [0.4, 0.5) is 0 Å². The third-order valence-corrected chi connectivity index (χ3v) is 1.63. The summed E-state index contributed by atoms with van der Waals surface area (Å²) in [5.74, 6) is 0. The van der Waals surface area contributed by atoms with Crippen LogP contribution in [-0.4, -0.2) is 9.97 Å². The van der Waals surface area contributed by atoms with Gasteiger partial charge in [0.2, 0.25) is 0 Å². The molecular weight excluding hydrogens is 152 g/mol. The topological polar surface area (TPSA) is 42.9 Å². The van der Waals surface area contributed by atoms with E-state index in [4.69, 9.17) is 0 Å². The fourth-order valence-electron chi connectivity index (χ4n) is 1.06. The Morgan fingerprint density at radius 2 is 2.08 bits per heavy atom. The maximum absolute atomic E-state index is 11.2. The maximum atomic E-state index is 11.2. The van der Waals surface area contributed by atoms with E-state index in [1.54, 1.807) is 24.4 Å². The molecule has 1 aliphatic heterocycles. The van der Waals surface area contributed by atoms with Crippen LogP contribution in [0.15, 0.2) is 41.6 Å². The lowest BCUT2D eigenvalue weighted by Crippen LogP contribution is -2.01. The van der Waals surface area contributed by atoms with Crippen molar-refractivity contribution in [1.29, 1.82) is 0 Å². The first kappa shape index (κ1) is 6.91. The van der Waals surface area contributed by atoms with E-state index in [1.807, 2.05) is 0 Å². The van der Waals surface area contributed by atoms with E-state index >= 15 is 0 Å². The monoisotopic (exact) mass is 158 g/mol. The summed E-state index contributed by atoms with van der Waals surface area (Å²) >= 11 is 0. The van der Waals surface area contributed by atoms with Gasteiger partial charge in [0.1, 0.15) is 6.33 Å². The van der Waals surface area contributed by atoms with Crippen molar-refractivity contribution in [3.8, 4) is 11.3 Å². The second-order valence-electron chi connectivity index (χ2n) is 2.40. The van der Waals surface area contributed by atoms with E-state index in [0.29, 0.717) is 11.3 Å². The largest absolute Gasteiger partial charge is 0.289 e. The van der Waals surface area contributed by atoms with Crippen LogP contribution in [0.1, 0.15) is 0 Å². The predicted octanol–water partition coefficient (Wildman–Crippen LogP) is 0.942. The van der Waals surface area contributed by atoms with Gasteiger partial charge < -0.3 is 0 Å². The van der Waals surface area contributed by atoms with Crippen LogP contribution in [-0.2, 0) is 0 Å². The van der Waals surface area contributed by atoms with Gasteiger partial charge in [-0.1, -0.05) is 6.07 Å². The predicted molar refractivity (Wildman–Crippen MR) is 44.9 cm³/mol. The zero-order chi connectivity index (χ0) is 8.39. The van der Waals surface area contributed by atoms with Gasteiger partial charge >= 0.3 is 0 Å². The van der Waals surface area contributed by atoms with Crippen LogP contribution in [0, 0.1) is 0 Å². The molecule has 0 aromatic carbocycles. The highest BCUT2D eigenvalue weighted by atomic mass is 16.1. The molecule has 0 amide bonds. The minimum absolute atomic E-state index is 0.0157. The highest BCUT2D eigenvalue weighted by Gasteiger charge is 2.01. The third-order valence-electron chi connectivity index (χ3n) is 1.63. The molecule has 0 saturated heterocycles. The lowest BCUT2D eigenvalue weighted by Gasteiger charge is -1.93. The van der Waals surface area contributed by atoms with E-state index in [0.717, 1.165) is 0 Å². The number of aromatic nitrogens is 2. The van der Waals surface area contributed by atoms with Crippen molar-refractivity contribution in [2.75, 3.05) is 0 Å². The second kappa shape index (κ2) is 2.70. The van der Waals surface area contributed by atoms with Crippen LogP contribution in [0.3, 0.4) is 0 Å². The molecule has 0 aromatic rings. The normalized spacial score (nSPS) is 10.0. The minimum atomic E-state index is -0.0157. The summed E-state index contributed by atoms with van der Waals surface area (Å²) in [6, 6.07) is 6.67.